The molecule has 4 rings (SSSR count). The van der Waals surface area contributed by atoms with Crippen LogP contribution in [0.25, 0.3) is 11.1 Å². The monoisotopic (exact) mass is 465 g/mol. The second-order valence-electron chi connectivity index (χ2n) is 9.43. The van der Waals surface area contributed by atoms with Gasteiger partial charge in [0.2, 0.25) is 5.91 Å². The Morgan fingerprint density at radius 3 is 2.18 bits per heavy atom. The maximum atomic E-state index is 12.4. The zero-order valence-electron chi connectivity index (χ0n) is 19.5. The number of nitrogens with zero attached hydrogens (tertiary/aromatic N) is 1. The van der Waals surface area contributed by atoms with Crippen molar-refractivity contribution in [3.05, 3.63) is 59.7 Å². The third-order valence-corrected chi connectivity index (χ3v) is 6.56. The van der Waals surface area contributed by atoms with E-state index in [0.717, 1.165) is 0 Å². The molecule has 0 aromatic heterocycles. The van der Waals surface area contributed by atoms with Crippen molar-refractivity contribution < 1.29 is 24.2 Å². The summed E-state index contributed by atoms with van der Waals surface area (Å²) in [6.45, 7) is 0.499. The topological polar surface area (TPSA) is 108 Å². The van der Waals surface area contributed by atoms with E-state index in [4.69, 9.17) is 4.74 Å². The van der Waals surface area contributed by atoms with Gasteiger partial charge >= 0.3 is 12.1 Å². The van der Waals surface area contributed by atoms with E-state index in [2.05, 4.69) is 34.9 Å². The van der Waals surface area contributed by atoms with E-state index in [1.165, 1.54) is 22.3 Å². The number of ether oxygens (including phenoxy) is 1. The fourth-order valence-electron chi connectivity index (χ4n) is 4.89. The molecule has 0 bridgehead atoms. The average Bonchev–Trinajstić information content (AvgIpc) is 3.09. The second kappa shape index (κ2) is 10.3. The van der Waals surface area contributed by atoms with Gasteiger partial charge < -0.3 is 25.4 Å². The van der Waals surface area contributed by atoms with Crippen molar-refractivity contribution in [3.63, 3.8) is 0 Å². The minimum absolute atomic E-state index is 0.0142. The number of benzene rings is 2. The minimum atomic E-state index is -1.05. The van der Waals surface area contributed by atoms with Gasteiger partial charge in [0.1, 0.15) is 12.6 Å². The normalized spacial score (nSPS) is 19.5. The van der Waals surface area contributed by atoms with E-state index < -0.39 is 18.1 Å². The van der Waals surface area contributed by atoms with Gasteiger partial charge in [0.05, 0.1) is 0 Å². The first kappa shape index (κ1) is 23.8. The quantitative estimate of drug-likeness (QED) is 0.526. The predicted octanol–water partition coefficient (Wildman–Crippen LogP) is 2.82. The van der Waals surface area contributed by atoms with E-state index in [1.54, 1.807) is 19.0 Å². The first-order valence-electron chi connectivity index (χ1n) is 11.6. The number of carbonyl (C=O) groups is 3. The van der Waals surface area contributed by atoms with Crippen molar-refractivity contribution in [2.45, 2.75) is 37.3 Å². The molecule has 2 aliphatic carbocycles. The van der Waals surface area contributed by atoms with Crippen LogP contribution in [-0.4, -0.2) is 67.3 Å². The summed E-state index contributed by atoms with van der Waals surface area (Å²) in [5, 5.41) is 14.7. The molecule has 0 aliphatic heterocycles. The SMILES string of the molecule is CN(C)C[C@H](NC(=O)CC1CC(NC(=O)OCC2c3ccccc3-c3ccccc32)C1)C(=O)O. The Balaban J connectivity index is 1.21. The lowest BCUT2D eigenvalue weighted by Crippen LogP contribution is -2.49. The molecule has 0 radical (unpaired) electrons. The molecule has 0 unspecified atom stereocenters. The van der Waals surface area contributed by atoms with Crippen LogP contribution in [0, 0.1) is 5.92 Å². The van der Waals surface area contributed by atoms with Crippen LogP contribution in [0.3, 0.4) is 0 Å². The highest BCUT2D eigenvalue weighted by molar-refractivity contribution is 5.84. The van der Waals surface area contributed by atoms with Crippen molar-refractivity contribution in [3.8, 4) is 11.1 Å². The highest BCUT2D eigenvalue weighted by Gasteiger charge is 2.34. The number of carboxylic acids is 1. The van der Waals surface area contributed by atoms with Crippen molar-refractivity contribution >= 4 is 18.0 Å². The molecule has 1 atom stereocenters. The van der Waals surface area contributed by atoms with Gasteiger partial charge in [0, 0.05) is 24.9 Å². The number of carbonyl (C=O) groups excluding carboxylic acids is 2. The number of nitrogens with one attached hydrogen (secondary N) is 2. The van der Waals surface area contributed by atoms with E-state index in [-0.39, 0.29) is 43.4 Å². The van der Waals surface area contributed by atoms with E-state index >= 15 is 0 Å². The first-order valence-corrected chi connectivity index (χ1v) is 11.6. The third kappa shape index (κ3) is 5.39. The van der Waals surface area contributed by atoms with Crippen LogP contribution in [0.5, 0.6) is 0 Å². The van der Waals surface area contributed by atoms with Crippen LogP contribution in [0.15, 0.2) is 48.5 Å². The molecular formula is C26H31N3O5. The number of carboxylic acid groups (broad SMARTS) is 1. The maximum absolute atomic E-state index is 12.4. The number of hydrogen-bond acceptors (Lipinski definition) is 5. The number of hydrogen-bond donors (Lipinski definition) is 3. The number of alkyl carbamates (subject to hydrolysis) is 1. The molecule has 1 saturated carbocycles. The van der Waals surface area contributed by atoms with Crippen molar-refractivity contribution in [2.24, 2.45) is 5.92 Å². The van der Waals surface area contributed by atoms with E-state index in [9.17, 15) is 19.5 Å². The lowest BCUT2D eigenvalue weighted by molar-refractivity contribution is -0.142. The molecular weight excluding hydrogens is 434 g/mol. The molecule has 34 heavy (non-hydrogen) atoms. The number of fused-ring (bicyclic) bond motifs is 3. The molecule has 2 aliphatic rings. The largest absolute Gasteiger partial charge is 0.480 e. The Bertz CT molecular complexity index is 1020. The van der Waals surface area contributed by atoms with Crippen molar-refractivity contribution in [2.75, 3.05) is 27.2 Å². The first-order chi connectivity index (χ1) is 16.3. The smallest absolute Gasteiger partial charge is 0.407 e. The van der Waals surface area contributed by atoms with Crippen LogP contribution in [-0.2, 0) is 14.3 Å². The molecule has 0 saturated heterocycles. The number of likely N-dealkylation sites (N-methyl/N-ethyl adjacent to an activating group) is 1. The Kier molecular flexibility index (Phi) is 7.17. The molecule has 2 aromatic carbocycles. The number of amides is 2. The van der Waals surface area contributed by atoms with Crippen LogP contribution < -0.4 is 10.6 Å². The number of aliphatic carboxylic acids is 1. The molecule has 0 heterocycles. The Labute approximate surface area is 199 Å². The van der Waals surface area contributed by atoms with Gasteiger partial charge in [0.25, 0.3) is 0 Å². The molecule has 180 valence electrons. The van der Waals surface area contributed by atoms with Gasteiger partial charge in [-0.2, -0.15) is 0 Å². The van der Waals surface area contributed by atoms with Gasteiger partial charge in [-0.3, -0.25) is 4.79 Å². The standard InChI is InChI=1S/C26H31N3O5/c1-29(2)14-23(25(31)32)28-24(30)13-16-11-17(12-16)27-26(33)34-15-22-20-9-5-3-7-18(20)19-8-4-6-10-21(19)22/h3-10,16-17,22-23H,11-15H2,1-2H3,(H,27,33)(H,28,30)(H,31,32)/t16?,17?,23-/m0/s1. The molecule has 3 N–H and O–H groups in total. The van der Waals surface area contributed by atoms with Gasteiger partial charge in [-0.1, -0.05) is 48.5 Å². The summed E-state index contributed by atoms with van der Waals surface area (Å²) < 4.78 is 5.58. The molecule has 1 fully saturated rings. The van der Waals surface area contributed by atoms with Gasteiger partial charge in [-0.15, -0.1) is 0 Å². The minimum Gasteiger partial charge on any atom is -0.480 e. The Hall–Kier alpha value is -3.39. The highest BCUT2D eigenvalue weighted by Crippen LogP contribution is 2.44. The average molecular weight is 466 g/mol. The van der Waals surface area contributed by atoms with Crippen molar-refractivity contribution in [1.82, 2.24) is 15.5 Å². The van der Waals surface area contributed by atoms with Gasteiger partial charge in [-0.25, -0.2) is 9.59 Å². The highest BCUT2D eigenvalue weighted by atomic mass is 16.5. The lowest BCUT2D eigenvalue weighted by Gasteiger charge is -2.35. The molecule has 8 heteroatoms. The second-order valence-corrected chi connectivity index (χ2v) is 9.43. The summed E-state index contributed by atoms with van der Waals surface area (Å²) >= 11 is 0. The van der Waals surface area contributed by atoms with Crippen LogP contribution in [0.1, 0.15) is 36.3 Å². The zero-order chi connectivity index (χ0) is 24.2. The van der Waals surface area contributed by atoms with Gasteiger partial charge in [0.15, 0.2) is 0 Å². The zero-order valence-corrected chi connectivity index (χ0v) is 19.5. The Morgan fingerprint density at radius 2 is 1.62 bits per heavy atom. The number of rotatable bonds is 9. The summed E-state index contributed by atoms with van der Waals surface area (Å²) in [7, 11) is 3.52. The molecule has 8 nitrogen and oxygen atoms in total. The summed E-state index contributed by atoms with van der Waals surface area (Å²) in [5.74, 6) is -1.20. The molecule has 2 amide bonds. The summed E-state index contributed by atoms with van der Waals surface area (Å²) in [4.78, 5) is 37.6. The van der Waals surface area contributed by atoms with E-state index in [0.29, 0.717) is 12.8 Å². The summed E-state index contributed by atoms with van der Waals surface area (Å²) in [6.07, 6.45) is 1.14. The maximum Gasteiger partial charge on any atom is 0.407 e. The molecule has 2 aromatic rings. The van der Waals surface area contributed by atoms with Crippen molar-refractivity contribution in [1.29, 1.82) is 0 Å². The Morgan fingerprint density at radius 1 is 1.03 bits per heavy atom. The fourth-order valence-corrected chi connectivity index (χ4v) is 4.89. The van der Waals surface area contributed by atoms with Crippen LogP contribution in [0.4, 0.5) is 4.79 Å². The van der Waals surface area contributed by atoms with E-state index in [1.807, 2.05) is 24.3 Å². The molecule has 0 spiro atoms. The summed E-state index contributed by atoms with van der Waals surface area (Å²) in [5.41, 5.74) is 4.70. The fraction of sp³-hybridized carbons (Fsp3) is 0.423. The predicted molar refractivity (Wildman–Crippen MR) is 127 cm³/mol. The van der Waals surface area contributed by atoms with Crippen LogP contribution in [0.2, 0.25) is 0 Å². The van der Waals surface area contributed by atoms with Crippen LogP contribution >= 0.6 is 0 Å². The third-order valence-electron chi connectivity index (χ3n) is 6.56. The van der Waals surface area contributed by atoms with Gasteiger partial charge in [-0.05, 0) is 55.1 Å². The lowest BCUT2D eigenvalue weighted by atomic mass is 9.78. The summed E-state index contributed by atoms with van der Waals surface area (Å²) in [6, 6.07) is 15.4.